The van der Waals surface area contributed by atoms with E-state index in [0.717, 1.165) is 10.8 Å². The number of nitrogens with one attached hydrogen (secondary N) is 2. The van der Waals surface area contributed by atoms with E-state index in [-0.39, 0.29) is 11.8 Å². The number of carbonyl (C=O) groups excluding carboxylic acids is 2. The highest BCUT2D eigenvalue weighted by Crippen LogP contribution is 2.30. The zero-order chi connectivity index (χ0) is 21.1. The van der Waals surface area contributed by atoms with Crippen LogP contribution < -0.4 is 10.6 Å². The van der Waals surface area contributed by atoms with Gasteiger partial charge in [-0.25, -0.2) is 0 Å². The zero-order valence-electron chi connectivity index (χ0n) is 15.7. The quantitative estimate of drug-likeness (QED) is 0.377. The maximum atomic E-state index is 12.8. The van der Waals surface area contributed by atoms with Gasteiger partial charge < -0.3 is 10.6 Å². The van der Waals surface area contributed by atoms with Crippen molar-refractivity contribution in [3.05, 3.63) is 106 Å². The average Bonchev–Trinajstić information content (AvgIpc) is 2.74. The third-order valence-electron chi connectivity index (χ3n) is 4.62. The lowest BCUT2D eigenvalue weighted by Gasteiger charge is -2.15. The molecule has 0 heterocycles. The van der Waals surface area contributed by atoms with Gasteiger partial charge in [-0.2, -0.15) is 0 Å². The third-order valence-corrected chi connectivity index (χ3v) is 5.28. The smallest absolute Gasteiger partial charge is 0.257 e. The monoisotopic (exact) mass is 434 g/mol. The summed E-state index contributed by atoms with van der Waals surface area (Å²) in [6, 6.07) is 24.9. The Morgan fingerprint density at radius 3 is 1.33 bits per heavy atom. The van der Waals surface area contributed by atoms with E-state index in [4.69, 9.17) is 23.2 Å². The molecule has 2 N–H and O–H groups in total. The van der Waals surface area contributed by atoms with Crippen molar-refractivity contribution in [3.8, 4) is 0 Å². The Hall–Kier alpha value is -3.34. The van der Waals surface area contributed by atoms with Gasteiger partial charge in [-0.05, 0) is 47.2 Å². The summed E-state index contributed by atoms with van der Waals surface area (Å²) >= 11 is 12.3. The molecule has 0 aliphatic carbocycles. The van der Waals surface area contributed by atoms with E-state index in [1.54, 1.807) is 48.5 Å². The first-order valence-electron chi connectivity index (χ1n) is 9.17. The van der Waals surface area contributed by atoms with Crippen LogP contribution in [-0.2, 0) is 0 Å². The molecule has 0 fully saturated rings. The summed E-state index contributed by atoms with van der Waals surface area (Å²) in [5.41, 5.74) is 1.60. The summed E-state index contributed by atoms with van der Waals surface area (Å²) in [4.78, 5) is 25.6. The largest absolute Gasteiger partial charge is 0.320 e. The second-order valence-electron chi connectivity index (χ2n) is 6.61. The van der Waals surface area contributed by atoms with Gasteiger partial charge >= 0.3 is 0 Å². The summed E-state index contributed by atoms with van der Waals surface area (Å²) in [6.07, 6.45) is 0. The first-order chi connectivity index (χ1) is 14.5. The van der Waals surface area contributed by atoms with Crippen LogP contribution >= 0.6 is 23.2 Å². The van der Waals surface area contributed by atoms with Crippen molar-refractivity contribution in [1.82, 2.24) is 0 Å². The van der Waals surface area contributed by atoms with Gasteiger partial charge in [0, 0.05) is 0 Å². The van der Waals surface area contributed by atoms with E-state index in [0.29, 0.717) is 32.5 Å². The van der Waals surface area contributed by atoms with Crippen LogP contribution in [0.5, 0.6) is 0 Å². The number of benzene rings is 4. The van der Waals surface area contributed by atoms with E-state index < -0.39 is 0 Å². The summed E-state index contributed by atoms with van der Waals surface area (Å²) < 4.78 is 0. The molecule has 4 nitrogen and oxygen atoms in total. The normalized spacial score (nSPS) is 10.6. The molecule has 0 aromatic heterocycles. The van der Waals surface area contributed by atoms with Crippen LogP contribution in [0, 0.1) is 0 Å². The Morgan fingerprint density at radius 1 is 0.567 bits per heavy atom. The fourth-order valence-corrected chi connectivity index (χ4v) is 3.56. The lowest BCUT2D eigenvalue weighted by atomic mass is 10.1. The minimum atomic E-state index is -0.371. The summed E-state index contributed by atoms with van der Waals surface area (Å²) in [7, 11) is 0. The van der Waals surface area contributed by atoms with Crippen molar-refractivity contribution in [2.24, 2.45) is 0 Å². The van der Waals surface area contributed by atoms with Gasteiger partial charge in [0.1, 0.15) is 0 Å². The maximum absolute atomic E-state index is 12.8. The number of rotatable bonds is 4. The number of amides is 2. The SMILES string of the molecule is O=C(Nc1cc2ccccc2cc1NC(=O)c1ccccc1Cl)c1ccccc1Cl. The minimum Gasteiger partial charge on any atom is -0.320 e. The van der Waals surface area contributed by atoms with Crippen molar-refractivity contribution in [1.29, 1.82) is 0 Å². The van der Waals surface area contributed by atoms with E-state index in [2.05, 4.69) is 10.6 Å². The van der Waals surface area contributed by atoms with Gasteiger partial charge in [0.2, 0.25) is 0 Å². The number of hydrogen-bond acceptors (Lipinski definition) is 2. The Balaban J connectivity index is 1.72. The Bertz CT molecular complexity index is 1170. The highest BCUT2D eigenvalue weighted by Gasteiger charge is 2.16. The van der Waals surface area contributed by atoms with E-state index in [1.165, 1.54) is 0 Å². The minimum absolute atomic E-state index is 0.343. The molecule has 4 rings (SSSR count). The molecule has 4 aromatic carbocycles. The number of hydrogen-bond donors (Lipinski definition) is 2. The molecule has 2 amide bonds. The molecule has 0 unspecified atom stereocenters. The molecule has 30 heavy (non-hydrogen) atoms. The van der Waals surface area contributed by atoms with Gasteiger partial charge in [0.05, 0.1) is 32.5 Å². The first-order valence-corrected chi connectivity index (χ1v) is 9.93. The summed E-state index contributed by atoms with van der Waals surface area (Å²) in [6.45, 7) is 0. The van der Waals surface area contributed by atoms with Gasteiger partial charge in [0.15, 0.2) is 0 Å². The number of halogens is 2. The van der Waals surface area contributed by atoms with E-state index >= 15 is 0 Å². The van der Waals surface area contributed by atoms with Gasteiger partial charge in [-0.15, -0.1) is 0 Å². The van der Waals surface area contributed by atoms with Crippen LogP contribution in [0.3, 0.4) is 0 Å². The maximum Gasteiger partial charge on any atom is 0.257 e. The van der Waals surface area contributed by atoms with Crippen molar-refractivity contribution in [2.75, 3.05) is 10.6 Å². The lowest BCUT2D eigenvalue weighted by Crippen LogP contribution is -2.17. The van der Waals surface area contributed by atoms with Crippen LogP contribution in [-0.4, -0.2) is 11.8 Å². The third kappa shape index (κ3) is 4.15. The molecule has 0 aliphatic rings. The van der Waals surface area contributed by atoms with Gasteiger partial charge in [-0.3, -0.25) is 9.59 Å². The van der Waals surface area contributed by atoms with Crippen molar-refractivity contribution < 1.29 is 9.59 Å². The molecular formula is C24H16Cl2N2O2. The number of anilines is 2. The standard InChI is InChI=1S/C24H16Cl2N2O2/c25-19-11-5-3-9-17(19)23(29)27-21-13-15-7-1-2-8-16(15)14-22(21)28-24(30)18-10-4-6-12-20(18)26/h1-14H,(H,27,29)(H,28,30). The van der Waals surface area contributed by atoms with Crippen LogP contribution in [0.1, 0.15) is 20.7 Å². The summed E-state index contributed by atoms with van der Waals surface area (Å²) in [5, 5.41) is 8.25. The zero-order valence-corrected chi connectivity index (χ0v) is 17.2. The highest BCUT2D eigenvalue weighted by atomic mass is 35.5. The predicted molar refractivity (Wildman–Crippen MR) is 123 cm³/mol. The Morgan fingerprint density at radius 2 is 0.933 bits per heavy atom. The molecule has 148 valence electrons. The fraction of sp³-hybridized carbons (Fsp3) is 0. The Kier molecular flexibility index (Phi) is 5.70. The van der Waals surface area contributed by atoms with Crippen molar-refractivity contribution in [3.63, 3.8) is 0 Å². The number of fused-ring (bicyclic) bond motifs is 1. The van der Waals surface area contributed by atoms with E-state index in [1.807, 2.05) is 36.4 Å². The van der Waals surface area contributed by atoms with Crippen LogP contribution in [0.4, 0.5) is 11.4 Å². The molecule has 0 aliphatic heterocycles. The van der Waals surface area contributed by atoms with Crippen LogP contribution in [0.25, 0.3) is 10.8 Å². The second kappa shape index (κ2) is 8.57. The molecular weight excluding hydrogens is 419 g/mol. The molecule has 6 heteroatoms. The fourth-order valence-electron chi connectivity index (χ4n) is 3.12. The average molecular weight is 435 g/mol. The molecule has 0 radical (unpaired) electrons. The highest BCUT2D eigenvalue weighted by molar-refractivity contribution is 6.35. The van der Waals surface area contributed by atoms with E-state index in [9.17, 15) is 9.59 Å². The van der Waals surface area contributed by atoms with Crippen LogP contribution in [0.15, 0.2) is 84.9 Å². The summed E-state index contributed by atoms with van der Waals surface area (Å²) in [5.74, 6) is -0.742. The second-order valence-corrected chi connectivity index (χ2v) is 7.43. The molecule has 0 spiro atoms. The lowest BCUT2D eigenvalue weighted by molar-refractivity contribution is 0.101. The topological polar surface area (TPSA) is 58.2 Å². The molecule has 0 bridgehead atoms. The predicted octanol–water partition coefficient (Wildman–Crippen LogP) is 6.65. The molecule has 0 atom stereocenters. The number of carbonyl (C=O) groups is 2. The van der Waals surface area contributed by atoms with Crippen molar-refractivity contribution >= 4 is 57.2 Å². The molecule has 0 saturated carbocycles. The van der Waals surface area contributed by atoms with Gasteiger partial charge in [-0.1, -0.05) is 71.7 Å². The van der Waals surface area contributed by atoms with Crippen LogP contribution in [0.2, 0.25) is 10.0 Å². The van der Waals surface area contributed by atoms with Gasteiger partial charge in [0.25, 0.3) is 11.8 Å². The van der Waals surface area contributed by atoms with Crippen molar-refractivity contribution in [2.45, 2.75) is 0 Å². The molecule has 4 aromatic rings. The first kappa shape index (κ1) is 20.0. The Labute approximate surface area is 183 Å². The molecule has 0 saturated heterocycles.